The molecule has 0 bridgehead atoms. The fourth-order valence-electron chi connectivity index (χ4n) is 4.97. The summed E-state index contributed by atoms with van der Waals surface area (Å²) in [5.41, 5.74) is 5.88. The summed E-state index contributed by atoms with van der Waals surface area (Å²) in [7, 11) is 0. The third-order valence-electron chi connectivity index (χ3n) is 6.38. The lowest BCUT2D eigenvalue weighted by atomic mass is 9.68. The van der Waals surface area contributed by atoms with Crippen molar-refractivity contribution in [3.8, 4) is 0 Å². The van der Waals surface area contributed by atoms with Gasteiger partial charge in [-0.1, -0.05) is 37.1 Å². The molecular weight excluding hydrogens is 332 g/mol. The van der Waals surface area contributed by atoms with Crippen LogP contribution in [-0.4, -0.2) is 30.3 Å². The van der Waals surface area contributed by atoms with E-state index in [1.165, 1.54) is 37.0 Å². The molecule has 0 unspecified atom stereocenters. The van der Waals surface area contributed by atoms with Crippen LogP contribution in [0.3, 0.4) is 0 Å². The summed E-state index contributed by atoms with van der Waals surface area (Å²) < 4.78 is 6.34. The molecule has 0 radical (unpaired) electrons. The molecule has 2 aliphatic carbocycles. The van der Waals surface area contributed by atoms with E-state index in [4.69, 9.17) is 9.72 Å². The summed E-state index contributed by atoms with van der Waals surface area (Å²) in [6, 6.07) is 6.38. The number of aromatic nitrogens is 1. The molecule has 3 aliphatic rings. The molecule has 1 aliphatic heterocycles. The Balaban J connectivity index is 1.44. The molecule has 1 atom stereocenters. The standard InChI is InChI=1S/C24H30N2O/c1-2-4-10-21(9-3-1)19-25-17-14-23(22-11-5-8-16-26-22)15-18-27-24(20-23)12-6-7-13-24/h1,3-5,8-11,16,25H,6-7,12-15,17-20H2/t23-/m1/s1. The first kappa shape index (κ1) is 18.4. The zero-order valence-corrected chi connectivity index (χ0v) is 16.1. The predicted octanol–water partition coefficient (Wildman–Crippen LogP) is 4.63. The van der Waals surface area contributed by atoms with Crippen LogP contribution in [0.25, 0.3) is 0 Å². The SMILES string of the molecule is C1=CC=CC(CNCC[C@@]2(c3ccccn3)CCOC3(CCCC3)C2)=CC=1. The summed E-state index contributed by atoms with van der Waals surface area (Å²) in [5, 5.41) is 3.65. The van der Waals surface area contributed by atoms with E-state index >= 15 is 0 Å². The average Bonchev–Trinajstić information content (AvgIpc) is 2.99. The Morgan fingerprint density at radius 1 is 1.15 bits per heavy atom. The highest BCUT2D eigenvalue weighted by Crippen LogP contribution is 2.49. The topological polar surface area (TPSA) is 34.2 Å². The van der Waals surface area contributed by atoms with Gasteiger partial charge in [0.25, 0.3) is 0 Å². The van der Waals surface area contributed by atoms with Crippen LogP contribution in [-0.2, 0) is 10.2 Å². The lowest BCUT2D eigenvalue weighted by Gasteiger charge is -2.46. The van der Waals surface area contributed by atoms with E-state index in [9.17, 15) is 0 Å². The zero-order chi connectivity index (χ0) is 18.4. The number of rotatable bonds is 6. The molecule has 2 heterocycles. The number of nitrogens with one attached hydrogen (secondary N) is 1. The molecule has 4 rings (SSSR count). The largest absolute Gasteiger partial charge is 0.375 e. The molecule has 0 amide bonds. The van der Waals surface area contributed by atoms with Gasteiger partial charge in [0.1, 0.15) is 0 Å². The molecule has 3 heteroatoms. The quantitative estimate of drug-likeness (QED) is 0.592. The molecule has 2 fully saturated rings. The Morgan fingerprint density at radius 2 is 2.07 bits per heavy atom. The molecule has 27 heavy (non-hydrogen) atoms. The maximum atomic E-state index is 6.34. The molecule has 1 saturated heterocycles. The van der Waals surface area contributed by atoms with Gasteiger partial charge in [0, 0.05) is 30.5 Å². The highest BCUT2D eigenvalue weighted by molar-refractivity contribution is 5.30. The van der Waals surface area contributed by atoms with Gasteiger partial charge in [-0.2, -0.15) is 0 Å². The Bertz CT molecular complexity index is 752. The molecule has 1 saturated carbocycles. The second kappa shape index (κ2) is 8.39. The maximum Gasteiger partial charge on any atom is 0.0691 e. The van der Waals surface area contributed by atoms with Crippen molar-refractivity contribution < 1.29 is 4.74 Å². The van der Waals surface area contributed by atoms with Crippen molar-refractivity contribution in [3.05, 3.63) is 71.8 Å². The fraction of sp³-hybridized carbons (Fsp3) is 0.500. The molecule has 1 N–H and O–H groups in total. The van der Waals surface area contributed by atoms with E-state index < -0.39 is 0 Å². The van der Waals surface area contributed by atoms with Crippen LogP contribution in [0.4, 0.5) is 0 Å². The van der Waals surface area contributed by atoms with Crippen molar-refractivity contribution in [3.63, 3.8) is 0 Å². The van der Waals surface area contributed by atoms with Crippen LogP contribution in [0, 0.1) is 0 Å². The Morgan fingerprint density at radius 3 is 2.93 bits per heavy atom. The van der Waals surface area contributed by atoms with Gasteiger partial charge in [-0.15, -0.1) is 5.73 Å². The molecule has 1 spiro atoms. The van der Waals surface area contributed by atoms with Crippen LogP contribution in [0.2, 0.25) is 0 Å². The van der Waals surface area contributed by atoms with Gasteiger partial charge in [-0.25, -0.2) is 0 Å². The number of hydrogen-bond donors (Lipinski definition) is 1. The minimum atomic E-state index is 0.0960. The second-order valence-electron chi connectivity index (χ2n) is 8.19. The summed E-state index contributed by atoms with van der Waals surface area (Å²) in [5.74, 6) is 0. The fourth-order valence-corrected chi connectivity index (χ4v) is 4.97. The van der Waals surface area contributed by atoms with Crippen molar-refractivity contribution in [2.45, 2.75) is 56.0 Å². The third kappa shape index (κ3) is 4.32. The van der Waals surface area contributed by atoms with Crippen molar-refractivity contribution in [2.24, 2.45) is 0 Å². The zero-order valence-electron chi connectivity index (χ0n) is 16.1. The predicted molar refractivity (Wildman–Crippen MR) is 110 cm³/mol. The van der Waals surface area contributed by atoms with Crippen molar-refractivity contribution >= 4 is 0 Å². The maximum absolute atomic E-state index is 6.34. The third-order valence-corrected chi connectivity index (χ3v) is 6.38. The van der Waals surface area contributed by atoms with Crippen LogP contribution in [0.1, 0.15) is 50.6 Å². The molecule has 0 aromatic carbocycles. The first-order valence-corrected chi connectivity index (χ1v) is 10.3. The Kier molecular flexibility index (Phi) is 5.73. The minimum absolute atomic E-state index is 0.0960. The van der Waals surface area contributed by atoms with E-state index in [1.54, 1.807) is 0 Å². The molecule has 142 valence electrons. The smallest absolute Gasteiger partial charge is 0.0691 e. The van der Waals surface area contributed by atoms with Crippen molar-refractivity contribution in [2.75, 3.05) is 19.7 Å². The molecule has 3 nitrogen and oxygen atoms in total. The Hall–Kier alpha value is -1.93. The van der Waals surface area contributed by atoms with Crippen LogP contribution < -0.4 is 5.32 Å². The van der Waals surface area contributed by atoms with Crippen molar-refractivity contribution in [1.29, 1.82) is 0 Å². The highest BCUT2D eigenvalue weighted by atomic mass is 16.5. The van der Waals surface area contributed by atoms with Gasteiger partial charge >= 0.3 is 0 Å². The lowest BCUT2D eigenvalue weighted by Crippen LogP contribution is -2.47. The minimum Gasteiger partial charge on any atom is -0.375 e. The van der Waals surface area contributed by atoms with Gasteiger partial charge in [0.05, 0.1) is 5.60 Å². The Labute approximate surface area is 162 Å². The summed E-state index contributed by atoms with van der Waals surface area (Å²) >= 11 is 0. The van der Waals surface area contributed by atoms with Crippen LogP contribution >= 0.6 is 0 Å². The first-order chi connectivity index (χ1) is 13.3. The number of hydrogen-bond acceptors (Lipinski definition) is 3. The number of allylic oxidation sites excluding steroid dienone is 3. The number of ether oxygens (including phenoxy) is 1. The molecular formula is C24H30N2O. The molecule has 1 aromatic rings. The van der Waals surface area contributed by atoms with Crippen LogP contribution in [0.5, 0.6) is 0 Å². The van der Waals surface area contributed by atoms with E-state index in [0.29, 0.717) is 0 Å². The van der Waals surface area contributed by atoms with Gasteiger partial charge in [0.15, 0.2) is 0 Å². The molecule has 1 aromatic heterocycles. The van der Waals surface area contributed by atoms with E-state index in [1.807, 2.05) is 24.4 Å². The van der Waals surface area contributed by atoms with E-state index in [0.717, 1.165) is 39.0 Å². The monoisotopic (exact) mass is 362 g/mol. The summed E-state index contributed by atoms with van der Waals surface area (Å²) in [6.07, 6.45) is 20.5. The lowest BCUT2D eigenvalue weighted by molar-refractivity contribution is -0.104. The van der Waals surface area contributed by atoms with E-state index in [2.05, 4.69) is 41.4 Å². The van der Waals surface area contributed by atoms with Gasteiger partial charge in [-0.05, 0) is 68.5 Å². The number of pyridine rings is 1. The number of nitrogens with zero attached hydrogens (tertiary/aromatic N) is 1. The van der Waals surface area contributed by atoms with E-state index in [-0.39, 0.29) is 11.0 Å². The average molecular weight is 363 g/mol. The second-order valence-corrected chi connectivity index (χ2v) is 8.19. The summed E-state index contributed by atoms with van der Waals surface area (Å²) in [4.78, 5) is 4.79. The first-order valence-electron chi connectivity index (χ1n) is 10.3. The van der Waals surface area contributed by atoms with Crippen molar-refractivity contribution in [1.82, 2.24) is 10.3 Å². The highest BCUT2D eigenvalue weighted by Gasteiger charge is 2.48. The van der Waals surface area contributed by atoms with Gasteiger partial charge in [-0.3, -0.25) is 4.98 Å². The van der Waals surface area contributed by atoms with Gasteiger partial charge in [0.2, 0.25) is 0 Å². The van der Waals surface area contributed by atoms with Gasteiger partial charge < -0.3 is 10.1 Å². The summed E-state index contributed by atoms with van der Waals surface area (Å²) in [6.45, 7) is 2.75. The van der Waals surface area contributed by atoms with Crippen LogP contribution in [0.15, 0.2) is 66.1 Å². The normalized spacial score (nSPS) is 26.3.